The molecule has 0 aromatic heterocycles. The zero-order chi connectivity index (χ0) is 10.6. The first-order valence-electron chi connectivity index (χ1n) is 4.96. The van der Waals surface area contributed by atoms with Crippen molar-refractivity contribution in [1.29, 1.82) is 0 Å². The molecule has 1 rings (SSSR count). The second kappa shape index (κ2) is 9.36. The van der Waals surface area contributed by atoms with Crippen LogP contribution < -0.4 is 11.5 Å². The summed E-state index contributed by atoms with van der Waals surface area (Å²) in [7, 11) is 0. The van der Waals surface area contributed by atoms with Crippen molar-refractivity contribution in [3.8, 4) is 0 Å². The van der Waals surface area contributed by atoms with Gasteiger partial charge in [0.05, 0.1) is 0 Å². The number of nitrogens with two attached hydrogens (primary N) is 2. The normalized spacial score (nSPS) is 28.0. The van der Waals surface area contributed by atoms with Crippen LogP contribution in [0.4, 0.5) is 0 Å². The number of halogens is 2. The Hall–Kier alpha value is 0.320. The average Bonchev–Trinajstić information content (AvgIpc) is 2.43. The number of aliphatic carboxylic acids is 1. The lowest BCUT2D eigenvalue weighted by molar-refractivity contribution is -0.137. The standard InChI is InChI=1S/C9H18N2O2S.2ClH/c10-6-5-14-7(9(6)11)3-1-2-4-8(12)13;;/h6-7,9H,1-5,10-11H2,(H,12,13);2*1H. The topological polar surface area (TPSA) is 89.3 Å². The summed E-state index contributed by atoms with van der Waals surface area (Å²) < 4.78 is 0. The molecule has 1 saturated heterocycles. The molecule has 4 nitrogen and oxygen atoms in total. The Kier molecular flexibility index (Phi) is 10.9. The molecule has 0 saturated carbocycles. The van der Waals surface area contributed by atoms with E-state index in [2.05, 4.69) is 0 Å². The number of carbonyl (C=O) groups is 1. The van der Waals surface area contributed by atoms with Gasteiger partial charge in [0.2, 0.25) is 0 Å². The molecule has 3 atom stereocenters. The Morgan fingerprint density at radius 1 is 1.31 bits per heavy atom. The first-order chi connectivity index (χ1) is 6.61. The number of unbranched alkanes of at least 4 members (excludes halogenated alkanes) is 1. The summed E-state index contributed by atoms with van der Waals surface area (Å²) in [6.07, 6.45) is 2.93. The van der Waals surface area contributed by atoms with Gasteiger partial charge in [0.25, 0.3) is 0 Å². The molecule has 7 heteroatoms. The van der Waals surface area contributed by atoms with E-state index in [0.717, 1.165) is 25.0 Å². The van der Waals surface area contributed by atoms with Crippen LogP contribution in [-0.4, -0.2) is 34.2 Å². The molecule has 0 amide bonds. The Morgan fingerprint density at radius 2 is 1.94 bits per heavy atom. The van der Waals surface area contributed by atoms with Crippen LogP contribution in [0.1, 0.15) is 25.7 Å². The summed E-state index contributed by atoms with van der Waals surface area (Å²) in [4.78, 5) is 10.3. The van der Waals surface area contributed by atoms with Crippen LogP contribution >= 0.6 is 36.6 Å². The van der Waals surface area contributed by atoms with E-state index in [0.29, 0.717) is 5.25 Å². The van der Waals surface area contributed by atoms with Crippen molar-refractivity contribution in [3.63, 3.8) is 0 Å². The summed E-state index contributed by atoms with van der Waals surface area (Å²) in [5.74, 6) is 0.218. The molecule has 0 aliphatic carbocycles. The van der Waals surface area contributed by atoms with Crippen molar-refractivity contribution in [2.45, 2.75) is 43.0 Å². The van der Waals surface area contributed by atoms with Crippen molar-refractivity contribution in [3.05, 3.63) is 0 Å². The third-order valence-corrected chi connectivity index (χ3v) is 4.11. The lowest BCUT2D eigenvalue weighted by atomic mass is 10.0. The molecule has 5 N–H and O–H groups in total. The molecule has 3 unspecified atom stereocenters. The number of carboxylic acid groups (broad SMARTS) is 1. The summed E-state index contributed by atoms with van der Waals surface area (Å²) in [6, 6.07) is 0.203. The molecule has 1 heterocycles. The number of hydrogen-bond donors (Lipinski definition) is 3. The predicted octanol–water partition coefficient (Wildman–Crippen LogP) is 1.25. The van der Waals surface area contributed by atoms with Gasteiger partial charge in [-0.25, -0.2) is 0 Å². The lowest BCUT2D eigenvalue weighted by Crippen LogP contribution is -2.43. The molecule has 0 aromatic rings. The van der Waals surface area contributed by atoms with Crippen LogP contribution in [0.3, 0.4) is 0 Å². The van der Waals surface area contributed by atoms with E-state index < -0.39 is 5.97 Å². The third-order valence-electron chi connectivity index (χ3n) is 2.56. The molecule has 0 radical (unpaired) electrons. The van der Waals surface area contributed by atoms with E-state index >= 15 is 0 Å². The van der Waals surface area contributed by atoms with Gasteiger partial charge in [-0.1, -0.05) is 6.42 Å². The molecule has 1 aliphatic rings. The SMILES string of the molecule is Cl.Cl.NC1CSC(CCCCC(=O)O)C1N. The second-order valence-electron chi connectivity index (χ2n) is 3.75. The first-order valence-corrected chi connectivity index (χ1v) is 6.00. The molecular formula is C9H20Cl2N2O2S. The quantitative estimate of drug-likeness (QED) is 0.663. The van der Waals surface area contributed by atoms with Gasteiger partial charge in [-0.05, 0) is 12.8 Å². The molecule has 0 spiro atoms. The van der Waals surface area contributed by atoms with Crippen LogP contribution in [0.25, 0.3) is 0 Å². The van der Waals surface area contributed by atoms with Crippen LogP contribution in [0.15, 0.2) is 0 Å². The Labute approximate surface area is 113 Å². The number of carboxylic acids is 1. The zero-order valence-electron chi connectivity index (χ0n) is 9.00. The van der Waals surface area contributed by atoms with Crippen LogP contribution in [0.2, 0.25) is 0 Å². The maximum absolute atomic E-state index is 10.3. The van der Waals surface area contributed by atoms with E-state index in [-0.39, 0.29) is 43.3 Å². The van der Waals surface area contributed by atoms with Crippen molar-refractivity contribution in [2.75, 3.05) is 5.75 Å². The molecule has 16 heavy (non-hydrogen) atoms. The fourth-order valence-electron chi connectivity index (χ4n) is 1.63. The maximum Gasteiger partial charge on any atom is 0.303 e. The Balaban J connectivity index is 0. The minimum Gasteiger partial charge on any atom is -0.481 e. The van der Waals surface area contributed by atoms with E-state index in [9.17, 15) is 4.79 Å². The van der Waals surface area contributed by atoms with Gasteiger partial charge in [0.15, 0.2) is 0 Å². The predicted molar refractivity (Wildman–Crippen MR) is 72.8 cm³/mol. The molecule has 0 aromatic carbocycles. The molecule has 0 bridgehead atoms. The van der Waals surface area contributed by atoms with Crippen LogP contribution in [0.5, 0.6) is 0 Å². The van der Waals surface area contributed by atoms with Crippen molar-refractivity contribution >= 4 is 42.5 Å². The molecule has 1 fully saturated rings. The second-order valence-corrected chi connectivity index (χ2v) is 5.02. The lowest BCUT2D eigenvalue weighted by Gasteiger charge is -2.16. The van der Waals surface area contributed by atoms with Crippen molar-refractivity contribution in [2.24, 2.45) is 11.5 Å². The van der Waals surface area contributed by atoms with Gasteiger partial charge in [-0.2, -0.15) is 11.8 Å². The zero-order valence-corrected chi connectivity index (χ0v) is 11.5. The minimum atomic E-state index is -0.718. The highest BCUT2D eigenvalue weighted by Gasteiger charge is 2.30. The van der Waals surface area contributed by atoms with Gasteiger partial charge in [-0.3, -0.25) is 4.79 Å². The van der Waals surface area contributed by atoms with Gasteiger partial charge in [-0.15, -0.1) is 24.8 Å². The number of thioether (sulfide) groups is 1. The fraction of sp³-hybridized carbons (Fsp3) is 0.889. The van der Waals surface area contributed by atoms with E-state index in [4.69, 9.17) is 16.6 Å². The average molecular weight is 291 g/mol. The fourth-order valence-corrected chi connectivity index (χ4v) is 3.08. The van der Waals surface area contributed by atoms with Gasteiger partial charge in [0, 0.05) is 29.5 Å². The monoisotopic (exact) mass is 290 g/mol. The van der Waals surface area contributed by atoms with E-state index in [1.165, 1.54) is 0 Å². The highest BCUT2D eigenvalue weighted by Crippen LogP contribution is 2.28. The largest absolute Gasteiger partial charge is 0.481 e. The first kappa shape index (κ1) is 18.7. The number of hydrogen-bond acceptors (Lipinski definition) is 4. The van der Waals surface area contributed by atoms with Crippen LogP contribution in [-0.2, 0) is 4.79 Å². The summed E-state index contributed by atoms with van der Waals surface area (Å²) in [5.41, 5.74) is 11.7. The van der Waals surface area contributed by atoms with Gasteiger partial charge in [0.1, 0.15) is 0 Å². The summed E-state index contributed by atoms with van der Waals surface area (Å²) in [6.45, 7) is 0. The third kappa shape index (κ3) is 6.15. The Morgan fingerprint density at radius 3 is 2.38 bits per heavy atom. The van der Waals surface area contributed by atoms with Crippen LogP contribution in [0, 0.1) is 0 Å². The van der Waals surface area contributed by atoms with Crippen molar-refractivity contribution in [1.82, 2.24) is 0 Å². The summed E-state index contributed by atoms with van der Waals surface area (Å²) >= 11 is 1.82. The smallest absolute Gasteiger partial charge is 0.303 e. The molecular weight excluding hydrogens is 271 g/mol. The van der Waals surface area contributed by atoms with Crippen molar-refractivity contribution < 1.29 is 9.90 Å². The maximum atomic E-state index is 10.3. The number of rotatable bonds is 5. The van der Waals surface area contributed by atoms with E-state index in [1.807, 2.05) is 11.8 Å². The Bertz CT molecular complexity index is 210. The highest BCUT2D eigenvalue weighted by molar-refractivity contribution is 8.00. The molecule has 1 aliphatic heterocycles. The van der Waals surface area contributed by atoms with Gasteiger partial charge < -0.3 is 16.6 Å². The minimum absolute atomic E-state index is 0. The van der Waals surface area contributed by atoms with Gasteiger partial charge >= 0.3 is 5.97 Å². The summed E-state index contributed by atoms with van der Waals surface area (Å²) in [5, 5.41) is 8.88. The van der Waals surface area contributed by atoms with E-state index in [1.54, 1.807) is 0 Å². The highest BCUT2D eigenvalue weighted by atomic mass is 35.5. The molecule has 98 valence electrons.